The average Bonchev–Trinajstić information content (AvgIpc) is 3.47. The van der Waals surface area contributed by atoms with Gasteiger partial charge >= 0.3 is 0 Å². The first kappa shape index (κ1) is 19.3. The highest BCUT2D eigenvalue weighted by Crippen LogP contribution is 2.42. The lowest BCUT2D eigenvalue weighted by molar-refractivity contribution is 0.741. The molecular weight excluding hydrogens is 447 g/mol. The molecule has 2 heterocycles. The van der Waals surface area contributed by atoms with Crippen LogP contribution in [0.25, 0.3) is 0 Å². The molecule has 2 aliphatic rings. The monoisotopic (exact) mass is 462 g/mol. The molecule has 1 aliphatic heterocycles. The number of hydrogen-bond acceptors (Lipinski definition) is 4. The summed E-state index contributed by atoms with van der Waals surface area (Å²) in [6.45, 7) is 0.677. The Balaban J connectivity index is 1.48. The maximum absolute atomic E-state index is 6.38. The largest absolute Gasteiger partial charge is 0.315 e. The zero-order valence-corrected chi connectivity index (χ0v) is 18.4. The molecule has 148 valence electrons. The van der Waals surface area contributed by atoms with E-state index in [0.29, 0.717) is 33.4 Å². The molecule has 5 rings (SSSR count). The van der Waals surface area contributed by atoms with Crippen LogP contribution >= 0.6 is 46.6 Å². The molecule has 1 fully saturated rings. The predicted molar refractivity (Wildman–Crippen MR) is 123 cm³/mol. The van der Waals surface area contributed by atoms with Crippen LogP contribution in [-0.4, -0.2) is 14.7 Å². The van der Waals surface area contributed by atoms with Crippen molar-refractivity contribution in [3.63, 3.8) is 0 Å². The number of aliphatic imine (C=N–C) groups is 1. The van der Waals surface area contributed by atoms with Gasteiger partial charge < -0.3 is 9.47 Å². The number of amidine groups is 1. The van der Waals surface area contributed by atoms with Crippen LogP contribution in [0.2, 0.25) is 15.1 Å². The number of hydrogen-bond donors (Lipinski definition) is 0. The molecular formula is C21H17Cl3N4S. The number of nitrogens with zero attached hydrogens (tertiary/aromatic N) is 4. The SMILES string of the molecule is Clc1ccc(N2Cc3ncn(C4CC4)c3N=C2SCc2ccc(Cl)cc2Cl)cc1. The van der Waals surface area contributed by atoms with Crippen LogP contribution in [0.15, 0.2) is 53.8 Å². The highest BCUT2D eigenvalue weighted by atomic mass is 35.5. The second kappa shape index (κ2) is 7.88. The van der Waals surface area contributed by atoms with E-state index in [1.165, 1.54) is 12.8 Å². The molecule has 2 aromatic carbocycles. The van der Waals surface area contributed by atoms with E-state index < -0.39 is 0 Å². The predicted octanol–water partition coefficient (Wildman–Crippen LogP) is 7.12. The number of aromatic nitrogens is 2. The molecule has 1 saturated carbocycles. The Kier molecular flexibility index (Phi) is 5.25. The van der Waals surface area contributed by atoms with Gasteiger partial charge in [0.2, 0.25) is 0 Å². The fourth-order valence-electron chi connectivity index (χ4n) is 3.33. The summed E-state index contributed by atoms with van der Waals surface area (Å²) in [6.07, 6.45) is 4.32. The molecule has 4 nitrogen and oxygen atoms in total. The van der Waals surface area contributed by atoms with Crippen LogP contribution in [0.3, 0.4) is 0 Å². The van der Waals surface area contributed by atoms with Crippen molar-refractivity contribution in [1.82, 2.24) is 9.55 Å². The first-order chi connectivity index (χ1) is 14.1. The van der Waals surface area contributed by atoms with Gasteiger partial charge in [0.15, 0.2) is 11.0 Å². The lowest BCUT2D eigenvalue weighted by Crippen LogP contribution is -2.31. The fraction of sp³-hybridized carbons (Fsp3) is 0.238. The van der Waals surface area contributed by atoms with Crippen LogP contribution in [-0.2, 0) is 12.3 Å². The molecule has 0 spiro atoms. The normalized spacial score (nSPS) is 16.0. The van der Waals surface area contributed by atoms with Gasteiger partial charge in [-0.2, -0.15) is 0 Å². The lowest BCUT2D eigenvalue weighted by Gasteiger charge is -2.29. The Bertz CT molecular complexity index is 1090. The van der Waals surface area contributed by atoms with Gasteiger partial charge in [-0.15, -0.1) is 0 Å². The minimum Gasteiger partial charge on any atom is -0.315 e. The lowest BCUT2D eigenvalue weighted by atomic mass is 10.2. The highest BCUT2D eigenvalue weighted by molar-refractivity contribution is 8.13. The summed E-state index contributed by atoms with van der Waals surface area (Å²) in [5.41, 5.74) is 3.07. The molecule has 0 N–H and O–H groups in total. The van der Waals surface area contributed by atoms with Gasteiger partial charge in [-0.25, -0.2) is 9.98 Å². The molecule has 29 heavy (non-hydrogen) atoms. The van der Waals surface area contributed by atoms with Crippen molar-refractivity contribution in [2.24, 2.45) is 4.99 Å². The van der Waals surface area contributed by atoms with Crippen molar-refractivity contribution in [3.8, 4) is 0 Å². The molecule has 0 atom stereocenters. The van der Waals surface area contributed by atoms with Gasteiger partial charge in [0.1, 0.15) is 5.69 Å². The smallest absolute Gasteiger partial charge is 0.171 e. The molecule has 1 aliphatic carbocycles. The number of benzene rings is 2. The quantitative estimate of drug-likeness (QED) is 0.413. The number of halogens is 3. The number of imidazole rings is 1. The molecule has 0 saturated heterocycles. The van der Waals surface area contributed by atoms with E-state index in [1.54, 1.807) is 17.8 Å². The Morgan fingerprint density at radius 2 is 1.76 bits per heavy atom. The van der Waals surface area contributed by atoms with Gasteiger partial charge in [-0.3, -0.25) is 0 Å². The Morgan fingerprint density at radius 1 is 1.00 bits per heavy atom. The van der Waals surface area contributed by atoms with Gasteiger partial charge in [-0.05, 0) is 54.8 Å². The molecule has 0 radical (unpaired) electrons. The number of fused-ring (bicyclic) bond motifs is 1. The molecule has 3 aromatic rings. The maximum Gasteiger partial charge on any atom is 0.171 e. The van der Waals surface area contributed by atoms with E-state index in [-0.39, 0.29) is 0 Å². The molecule has 0 unspecified atom stereocenters. The topological polar surface area (TPSA) is 33.4 Å². The van der Waals surface area contributed by atoms with Crippen molar-refractivity contribution in [2.75, 3.05) is 4.90 Å². The van der Waals surface area contributed by atoms with Crippen molar-refractivity contribution in [3.05, 3.63) is 75.1 Å². The molecule has 8 heteroatoms. The third-order valence-corrected chi connectivity index (χ3v) is 6.90. The van der Waals surface area contributed by atoms with Crippen LogP contribution in [0.4, 0.5) is 11.5 Å². The Labute approximate surface area is 188 Å². The van der Waals surface area contributed by atoms with Gasteiger partial charge in [0.05, 0.1) is 12.9 Å². The van der Waals surface area contributed by atoms with Crippen LogP contribution in [0, 0.1) is 0 Å². The third kappa shape index (κ3) is 4.02. The van der Waals surface area contributed by atoms with Crippen molar-refractivity contribution >= 4 is 63.2 Å². The summed E-state index contributed by atoms with van der Waals surface area (Å²) in [6, 6.07) is 14.0. The molecule has 0 bridgehead atoms. The summed E-state index contributed by atoms with van der Waals surface area (Å²) in [5, 5.41) is 2.94. The van der Waals surface area contributed by atoms with E-state index >= 15 is 0 Å². The van der Waals surface area contributed by atoms with Crippen LogP contribution in [0.5, 0.6) is 0 Å². The number of thioether (sulfide) groups is 1. The zero-order valence-electron chi connectivity index (χ0n) is 15.4. The Hall–Kier alpha value is -1.66. The first-order valence-electron chi connectivity index (χ1n) is 9.33. The second-order valence-electron chi connectivity index (χ2n) is 7.13. The van der Waals surface area contributed by atoms with E-state index in [4.69, 9.17) is 39.8 Å². The highest BCUT2D eigenvalue weighted by Gasteiger charge is 2.31. The maximum atomic E-state index is 6.38. The fourth-order valence-corrected chi connectivity index (χ4v) is 5.02. The summed E-state index contributed by atoms with van der Waals surface area (Å²) >= 11 is 20.2. The van der Waals surface area contributed by atoms with E-state index in [1.807, 2.05) is 42.7 Å². The van der Waals surface area contributed by atoms with Crippen LogP contribution < -0.4 is 4.90 Å². The summed E-state index contributed by atoms with van der Waals surface area (Å²) in [4.78, 5) is 11.8. The standard InChI is InChI=1S/C21H17Cl3N4S/c22-14-3-5-16(6-4-14)27-10-19-20(28(12-25-19)17-7-8-17)26-21(27)29-11-13-1-2-15(23)9-18(13)24/h1-6,9,12,17H,7-8,10-11H2. The van der Waals surface area contributed by atoms with Gasteiger partial charge in [-0.1, -0.05) is 52.6 Å². The minimum absolute atomic E-state index is 0.536. The first-order valence-corrected chi connectivity index (χ1v) is 11.4. The molecule has 0 amide bonds. The van der Waals surface area contributed by atoms with Gasteiger partial charge in [0, 0.05) is 32.5 Å². The van der Waals surface area contributed by atoms with Crippen LogP contribution in [0.1, 0.15) is 30.1 Å². The Morgan fingerprint density at radius 3 is 2.48 bits per heavy atom. The van der Waals surface area contributed by atoms with Crippen molar-refractivity contribution < 1.29 is 0 Å². The molecule has 1 aromatic heterocycles. The van der Waals surface area contributed by atoms with E-state index in [0.717, 1.165) is 27.9 Å². The van der Waals surface area contributed by atoms with Crippen molar-refractivity contribution in [2.45, 2.75) is 31.2 Å². The van der Waals surface area contributed by atoms with Gasteiger partial charge in [0.25, 0.3) is 0 Å². The third-order valence-electron chi connectivity index (χ3n) is 5.03. The van der Waals surface area contributed by atoms with Crippen molar-refractivity contribution in [1.29, 1.82) is 0 Å². The minimum atomic E-state index is 0.536. The number of anilines is 1. The van der Waals surface area contributed by atoms with E-state index in [9.17, 15) is 0 Å². The zero-order chi connectivity index (χ0) is 20.0. The summed E-state index contributed by atoms with van der Waals surface area (Å²) in [5.74, 6) is 1.67. The second-order valence-corrected chi connectivity index (χ2v) is 9.36. The summed E-state index contributed by atoms with van der Waals surface area (Å²) < 4.78 is 2.21. The average molecular weight is 464 g/mol. The summed E-state index contributed by atoms with van der Waals surface area (Å²) in [7, 11) is 0. The number of rotatable bonds is 4. The van der Waals surface area contributed by atoms with E-state index in [2.05, 4.69) is 14.5 Å².